The van der Waals surface area contributed by atoms with Crippen molar-refractivity contribution in [3.63, 3.8) is 0 Å². The number of hydrogen-bond donors (Lipinski definition) is 2. The zero-order valence-electron chi connectivity index (χ0n) is 8.95. The summed E-state index contributed by atoms with van der Waals surface area (Å²) in [5, 5.41) is 6.02. The van der Waals surface area contributed by atoms with Gasteiger partial charge in [0.1, 0.15) is 0 Å². The molecule has 1 heterocycles. The summed E-state index contributed by atoms with van der Waals surface area (Å²) in [5.41, 5.74) is 0. The van der Waals surface area contributed by atoms with Crippen LogP contribution in [0.5, 0.6) is 0 Å². The van der Waals surface area contributed by atoms with Crippen LogP contribution in [0, 0.1) is 0 Å². The molecule has 1 unspecified atom stereocenters. The second kappa shape index (κ2) is 9.27. The largest absolute Gasteiger partial charge is 0.382 e. The summed E-state index contributed by atoms with van der Waals surface area (Å²) < 4.78 is 5.17. The van der Waals surface area contributed by atoms with Crippen LogP contribution in [0.2, 0.25) is 0 Å². The molecule has 1 atom stereocenters. The second-order valence-corrected chi connectivity index (χ2v) is 4.14. The van der Waals surface area contributed by atoms with Crippen LogP contribution >= 0.6 is 24.2 Å². The zero-order valence-corrected chi connectivity index (χ0v) is 10.6. The number of halogens is 1. The average Bonchev–Trinajstić information content (AvgIpc) is 2.70. The number of hydrogen-bond acceptors (Lipinski definition) is 4. The topological polar surface area (TPSA) is 50.4 Å². The van der Waals surface area contributed by atoms with E-state index in [4.69, 9.17) is 4.74 Å². The Bertz CT molecular complexity index is 177. The lowest BCUT2D eigenvalue weighted by atomic mass is 10.3. The van der Waals surface area contributed by atoms with E-state index in [2.05, 4.69) is 10.6 Å². The van der Waals surface area contributed by atoms with Crippen molar-refractivity contribution in [1.29, 1.82) is 0 Å². The summed E-state index contributed by atoms with van der Waals surface area (Å²) in [6, 6.07) is 0.00657. The predicted molar refractivity (Wildman–Crippen MR) is 65.6 cm³/mol. The molecule has 1 aliphatic rings. The van der Waals surface area contributed by atoms with Gasteiger partial charge >= 0.3 is 0 Å². The third-order valence-corrected chi connectivity index (χ3v) is 2.94. The van der Waals surface area contributed by atoms with Crippen LogP contribution in [-0.4, -0.2) is 43.3 Å². The van der Waals surface area contributed by atoms with Gasteiger partial charge in [-0.1, -0.05) is 0 Å². The van der Waals surface area contributed by atoms with Crippen LogP contribution in [0.3, 0.4) is 0 Å². The molecule has 15 heavy (non-hydrogen) atoms. The van der Waals surface area contributed by atoms with Crippen molar-refractivity contribution in [3.8, 4) is 0 Å². The molecule has 0 saturated carbocycles. The van der Waals surface area contributed by atoms with Crippen molar-refractivity contribution in [2.75, 3.05) is 31.4 Å². The Morgan fingerprint density at radius 2 is 2.47 bits per heavy atom. The first-order valence-electron chi connectivity index (χ1n) is 5.01. The van der Waals surface area contributed by atoms with E-state index in [1.54, 1.807) is 11.8 Å². The van der Waals surface area contributed by atoms with E-state index in [0.717, 1.165) is 31.3 Å². The van der Waals surface area contributed by atoms with Crippen molar-refractivity contribution in [1.82, 2.24) is 10.6 Å². The Morgan fingerprint density at radius 1 is 1.67 bits per heavy atom. The number of carbonyl (C=O) groups is 1. The average molecular weight is 255 g/mol. The maximum Gasteiger partial charge on any atom is 0.238 e. The third kappa shape index (κ3) is 6.25. The number of nitrogens with one attached hydrogen (secondary N) is 2. The molecule has 1 amide bonds. The normalized spacial score (nSPS) is 19.7. The predicted octanol–water partition coefficient (Wildman–Crippen LogP) is 0.613. The molecule has 90 valence electrons. The van der Waals surface area contributed by atoms with Gasteiger partial charge in [0.25, 0.3) is 0 Å². The Morgan fingerprint density at radius 3 is 3.07 bits per heavy atom. The minimum Gasteiger partial charge on any atom is -0.382 e. The van der Waals surface area contributed by atoms with E-state index in [0.29, 0.717) is 6.54 Å². The van der Waals surface area contributed by atoms with Crippen molar-refractivity contribution in [3.05, 3.63) is 0 Å². The van der Waals surface area contributed by atoms with Crippen molar-refractivity contribution in [2.24, 2.45) is 0 Å². The highest BCUT2D eigenvalue weighted by Crippen LogP contribution is 2.08. The molecule has 0 aromatic carbocycles. The van der Waals surface area contributed by atoms with E-state index in [9.17, 15) is 4.79 Å². The van der Waals surface area contributed by atoms with Gasteiger partial charge < -0.3 is 10.1 Å². The van der Waals surface area contributed by atoms with Gasteiger partial charge in [0.2, 0.25) is 5.91 Å². The van der Waals surface area contributed by atoms with Crippen LogP contribution in [0.1, 0.15) is 13.3 Å². The van der Waals surface area contributed by atoms with E-state index in [1.165, 1.54) is 0 Å². The molecule has 2 N–H and O–H groups in total. The van der Waals surface area contributed by atoms with Gasteiger partial charge in [-0.2, -0.15) is 0 Å². The number of rotatable bonds is 6. The molecule has 0 aromatic heterocycles. The van der Waals surface area contributed by atoms with E-state index in [-0.39, 0.29) is 24.4 Å². The van der Waals surface area contributed by atoms with Gasteiger partial charge in [0.15, 0.2) is 0 Å². The monoisotopic (exact) mass is 254 g/mol. The van der Waals surface area contributed by atoms with Crippen molar-refractivity contribution in [2.45, 2.75) is 19.4 Å². The van der Waals surface area contributed by atoms with Crippen molar-refractivity contribution >= 4 is 30.1 Å². The molecule has 0 spiro atoms. The Labute approximate surface area is 101 Å². The minimum absolute atomic E-state index is 0. The highest BCUT2D eigenvalue weighted by molar-refractivity contribution is 7.99. The van der Waals surface area contributed by atoms with Crippen LogP contribution < -0.4 is 10.6 Å². The van der Waals surface area contributed by atoms with E-state index in [1.807, 2.05) is 6.92 Å². The fraction of sp³-hybridized carbons (Fsp3) is 0.889. The smallest absolute Gasteiger partial charge is 0.238 e. The summed E-state index contributed by atoms with van der Waals surface area (Å²) in [6.45, 7) is 4.15. The third-order valence-electron chi connectivity index (χ3n) is 2.00. The summed E-state index contributed by atoms with van der Waals surface area (Å²) in [6.07, 6.45) is 0.888. The van der Waals surface area contributed by atoms with Crippen LogP contribution in [0.4, 0.5) is 0 Å². The van der Waals surface area contributed by atoms with Crippen LogP contribution in [-0.2, 0) is 9.53 Å². The fourth-order valence-electron chi connectivity index (χ4n) is 1.22. The highest BCUT2D eigenvalue weighted by Gasteiger charge is 2.21. The molecule has 0 bridgehead atoms. The molecule has 0 aliphatic carbocycles. The summed E-state index contributed by atoms with van der Waals surface area (Å²) in [4.78, 5) is 11.5. The Kier molecular flexibility index (Phi) is 9.29. The highest BCUT2D eigenvalue weighted by atomic mass is 35.5. The van der Waals surface area contributed by atoms with Gasteiger partial charge in [0, 0.05) is 31.4 Å². The van der Waals surface area contributed by atoms with Crippen molar-refractivity contribution < 1.29 is 9.53 Å². The maximum atomic E-state index is 11.5. The lowest BCUT2D eigenvalue weighted by Crippen LogP contribution is -2.42. The number of carbonyl (C=O) groups excluding carboxylic acids is 1. The van der Waals surface area contributed by atoms with Gasteiger partial charge in [-0.05, 0) is 13.3 Å². The number of thioether (sulfide) groups is 1. The SMILES string of the molecule is CCOCCCNC(=O)C1CSCN1.Cl. The molecule has 1 saturated heterocycles. The number of ether oxygens (including phenoxy) is 1. The molecule has 0 aromatic rings. The van der Waals surface area contributed by atoms with E-state index >= 15 is 0 Å². The lowest BCUT2D eigenvalue weighted by Gasteiger charge is -2.09. The maximum absolute atomic E-state index is 11.5. The standard InChI is InChI=1S/C9H18N2O2S.ClH/c1-2-13-5-3-4-10-9(12)8-6-14-7-11-8;/h8,11H,2-7H2,1H3,(H,10,12);1H. The van der Waals surface area contributed by atoms with Gasteiger partial charge in [-0.15, -0.1) is 24.2 Å². The van der Waals surface area contributed by atoms with Crippen LogP contribution in [0.25, 0.3) is 0 Å². The summed E-state index contributed by atoms with van der Waals surface area (Å²) >= 11 is 1.76. The molecule has 4 nitrogen and oxygen atoms in total. The first kappa shape index (κ1) is 15.0. The van der Waals surface area contributed by atoms with E-state index < -0.39 is 0 Å². The fourth-order valence-corrected chi connectivity index (χ4v) is 2.16. The van der Waals surface area contributed by atoms with Gasteiger partial charge in [-0.25, -0.2) is 0 Å². The van der Waals surface area contributed by atoms with Crippen LogP contribution in [0.15, 0.2) is 0 Å². The molecular formula is C9H19ClN2O2S. The molecule has 6 heteroatoms. The molecule has 1 aliphatic heterocycles. The first-order chi connectivity index (χ1) is 6.84. The Hall–Kier alpha value is 0.0300. The summed E-state index contributed by atoms with van der Waals surface area (Å²) in [5.74, 6) is 1.89. The molecular weight excluding hydrogens is 236 g/mol. The molecule has 1 rings (SSSR count). The van der Waals surface area contributed by atoms with Gasteiger partial charge in [0.05, 0.1) is 6.04 Å². The number of amides is 1. The molecule has 1 fully saturated rings. The zero-order chi connectivity index (χ0) is 10.2. The van der Waals surface area contributed by atoms with Gasteiger partial charge in [-0.3, -0.25) is 10.1 Å². The molecule has 0 radical (unpaired) electrons. The lowest BCUT2D eigenvalue weighted by molar-refractivity contribution is -0.122. The Balaban J connectivity index is 0.00000196. The minimum atomic E-state index is 0. The first-order valence-corrected chi connectivity index (χ1v) is 6.16. The second-order valence-electron chi connectivity index (χ2n) is 3.11. The quantitative estimate of drug-likeness (QED) is 0.682. The summed E-state index contributed by atoms with van der Waals surface area (Å²) in [7, 11) is 0.